The van der Waals surface area contributed by atoms with Gasteiger partial charge in [0.25, 0.3) is 5.91 Å². The molecule has 1 N–H and O–H groups in total. The molecule has 4 heteroatoms. The number of aryl methyl sites for hydroxylation is 1. The van der Waals surface area contributed by atoms with Gasteiger partial charge in [-0.05, 0) is 38.8 Å². The lowest BCUT2D eigenvalue weighted by atomic mass is 10.1. The molecule has 0 aliphatic heterocycles. The number of hydrogen-bond donors (Lipinski definition) is 1. The van der Waals surface area contributed by atoms with Crippen molar-refractivity contribution in [1.29, 1.82) is 0 Å². The Kier molecular flexibility index (Phi) is 5.80. The van der Waals surface area contributed by atoms with Crippen LogP contribution in [0, 0.1) is 12.8 Å². The Morgan fingerprint density at radius 2 is 2.05 bits per heavy atom. The summed E-state index contributed by atoms with van der Waals surface area (Å²) < 4.78 is 0. The van der Waals surface area contributed by atoms with E-state index in [2.05, 4.69) is 24.1 Å². The van der Waals surface area contributed by atoms with Gasteiger partial charge in [0.15, 0.2) is 0 Å². The molecule has 4 nitrogen and oxygen atoms in total. The van der Waals surface area contributed by atoms with Crippen molar-refractivity contribution in [2.45, 2.75) is 34.6 Å². The summed E-state index contributed by atoms with van der Waals surface area (Å²) in [6.07, 6.45) is 0. The second-order valence-electron chi connectivity index (χ2n) is 5.15. The van der Waals surface area contributed by atoms with Crippen LogP contribution in [-0.2, 0) is 0 Å². The standard InChI is InChI=1S/C15H25N3O/c1-6-16-14-9-13(8-12(5)17-14)15(19)18(7-2)10-11(3)4/h8-9,11H,6-7,10H2,1-5H3,(H,16,17). The van der Waals surface area contributed by atoms with Gasteiger partial charge in [-0.1, -0.05) is 13.8 Å². The average Bonchev–Trinajstić information content (AvgIpc) is 2.34. The average molecular weight is 263 g/mol. The van der Waals surface area contributed by atoms with Crippen LogP contribution in [0.1, 0.15) is 43.7 Å². The number of pyridine rings is 1. The maximum atomic E-state index is 12.5. The van der Waals surface area contributed by atoms with Crippen LogP contribution in [0.2, 0.25) is 0 Å². The Morgan fingerprint density at radius 1 is 1.37 bits per heavy atom. The summed E-state index contributed by atoms with van der Waals surface area (Å²) in [6, 6.07) is 3.69. The van der Waals surface area contributed by atoms with E-state index in [9.17, 15) is 4.79 Å². The molecule has 1 amide bonds. The second-order valence-corrected chi connectivity index (χ2v) is 5.15. The zero-order chi connectivity index (χ0) is 14.4. The molecule has 19 heavy (non-hydrogen) atoms. The largest absolute Gasteiger partial charge is 0.370 e. The Labute approximate surface area is 116 Å². The van der Waals surface area contributed by atoms with Gasteiger partial charge in [-0.2, -0.15) is 0 Å². The third-order valence-corrected chi connectivity index (χ3v) is 2.81. The molecule has 0 bridgehead atoms. The van der Waals surface area contributed by atoms with Crippen molar-refractivity contribution in [1.82, 2.24) is 9.88 Å². The molecule has 0 unspecified atom stereocenters. The molecule has 0 fully saturated rings. The predicted molar refractivity (Wildman–Crippen MR) is 79.6 cm³/mol. The lowest BCUT2D eigenvalue weighted by molar-refractivity contribution is 0.0745. The van der Waals surface area contributed by atoms with E-state index in [1.54, 1.807) is 0 Å². The molecule has 0 aromatic carbocycles. The second kappa shape index (κ2) is 7.12. The summed E-state index contributed by atoms with van der Waals surface area (Å²) in [6.45, 7) is 12.5. The van der Waals surface area contributed by atoms with Gasteiger partial charge in [-0.25, -0.2) is 4.98 Å². The molecule has 0 aliphatic rings. The van der Waals surface area contributed by atoms with Gasteiger partial charge in [0.05, 0.1) is 0 Å². The van der Waals surface area contributed by atoms with Gasteiger partial charge in [0.2, 0.25) is 0 Å². The van der Waals surface area contributed by atoms with Crippen molar-refractivity contribution in [3.63, 3.8) is 0 Å². The van der Waals surface area contributed by atoms with E-state index < -0.39 is 0 Å². The van der Waals surface area contributed by atoms with Crippen LogP contribution >= 0.6 is 0 Å². The van der Waals surface area contributed by atoms with Gasteiger partial charge in [-0.3, -0.25) is 4.79 Å². The zero-order valence-electron chi connectivity index (χ0n) is 12.7. The smallest absolute Gasteiger partial charge is 0.254 e. The van der Waals surface area contributed by atoms with Crippen LogP contribution in [0.4, 0.5) is 5.82 Å². The number of aromatic nitrogens is 1. The van der Waals surface area contributed by atoms with Gasteiger partial charge >= 0.3 is 0 Å². The van der Waals surface area contributed by atoms with Crippen LogP contribution in [0.15, 0.2) is 12.1 Å². The summed E-state index contributed by atoms with van der Waals surface area (Å²) in [7, 11) is 0. The monoisotopic (exact) mass is 263 g/mol. The van der Waals surface area contributed by atoms with E-state index in [4.69, 9.17) is 0 Å². The topological polar surface area (TPSA) is 45.2 Å². The Bertz CT molecular complexity index is 429. The maximum Gasteiger partial charge on any atom is 0.254 e. The summed E-state index contributed by atoms with van der Waals surface area (Å²) in [4.78, 5) is 18.7. The summed E-state index contributed by atoms with van der Waals surface area (Å²) in [5.41, 5.74) is 1.58. The first-order valence-electron chi connectivity index (χ1n) is 6.99. The fourth-order valence-corrected chi connectivity index (χ4v) is 2.04. The first-order chi connectivity index (χ1) is 8.97. The van der Waals surface area contributed by atoms with Gasteiger partial charge in [0.1, 0.15) is 5.82 Å². The molecule has 106 valence electrons. The molecule has 1 aromatic rings. The number of hydrogen-bond acceptors (Lipinski definition) is 3. The van der Waals surface area contributed by atoms with Crippen molar-refractivity contribution in [3.05, 3.63) is 23.4 Å². The minimum Gasteiger partial charge on any atom is -0.370 e. The summed E-state index contributed by atoms with van der Waals surface area (Å²) in [5, 5.41) is 3.16. The molecule has 0 saturated carbocycles. The third kappa shape index (κ3) is 4.54. The zero-order valence-corrected chi connectivity index (χ0v) is 12.7. The quantitative estimate of drug-likeness (QED) is 0.858. The van der Waals surface area contributed by atoms with Crippen molar-refractivity contribution in [2.24, 2.45) is 5.92 Å². The Hall–Kier alpha value is -1.58. The SMILES string of the molecule is CCNc1cc(C(=O)N(CC)CC(C)C)cc(C)n1. The van der Waals surface area contributed by atoms with Gasteiger partial charge in [-0.15, -0.1) is 0 Å². The number of carbonyl (C=O) groups is 1. The van der Waals surface area contributed by atoms with E-state index in [0.717, 1.165) is 31.1 Å². The van der Waals surface area contributed by atoms with Crippen molar-refractivity contribution in [3.8, 4) is 0 Å². The third-order valence-electron chi connectivity index (χ3n) is 2.81. The van der Waals surface area contributed by atoms with Crippen molar-refractivity contribution in [2.75, 3.05) is 25.0 Å². The molecular weight excluding hydrogens is 238 g/mol. The molecule has 0 atom stereocenters. The van der Waals surface area contributed by atoms with Crippen LogP contribution in [-0.4, -0.2) is 35.4 Å². The number of rotatable bonds is 6. The van der Waals surface area contributed by atoms with Crippen LogP contribution < -0.4 is 5.32 Å². The Morgan fingerprint density at radius 3 is 2.58 bits per heavy atom. The highest BCUT2D eigenvalue weighted by atomic mass is 16.2. The van der Waals surface area contributed by atoms with E-state index in [1.165, 1.54) is 0 Å². The van der Waals surface area contributed by atoms with Crippen LogP contribution in [0.3, 0.4) is 0 Å². The number of nitrogens with zero attached hydrogens (tertiary/aromatic N) is 2. The van der Waals surface area contributed by atoms with Crippen LogP contribution in [0.5, 0.6) is 0 Å². The van der Waals surface area contributed by atoms with Gasteiger partial charge in [0, 0.05) is 30.9 Å². The fourth-order valence-electron chi connectivity index (χ4n) is 2.04. The van der Waals surface area contributed by atoms with E-state index in [1.807, 2.05) is 37.8 Å². The first kappa shape index (κ1) is 15.5. The first-order valence-corrected chi connectivity index (χ1v) is 6.99. The van der Waals surface area contributed by atoms with E-state index in [0.29, 0.717) is 11.5 Å². The maximum absolute atomic E-state index is 12.5. The molecule has 1 aromatic heterocycles. The van der Waals surface area contributed by atoms with E-state index in [-0.39, 0.29) is 5.91 Å². The molecule has 0 spiro atoms. The molecular formula is C15H25N3O. The number of carbonyl (C=O) groups excluding carboxylic acids is 1. The molecule has 1 rings (SSSR count). The molecule has 0 radical (unpaired) electrons. The predicted octanol–water partition coefficient (Wildman–Crippen LogP) is 2.94. The van der Waals surface area contributed by atoms with Crippen molar-refractivity contribution >= 4 is 11.7 Å². The minimum atomic E-state index is 0.0841. The fraction of sp³-hybridized carbons (Fsp3) is 0.600. The number of nitrogens with one attached hydrogen (secondary N) is 1. The summed E-state index contributed by atoms with van der Waals surface area (Å²) >= 11 is 0. The highest BCUT2D eigenvalue weighted by Crippen LogP contribution is 2.13. The Balaban J connectivity index is 2.96. The highest BCUT2D eigenvalue weighted by Gasteiger charge is 2.16. The lowest BCUT2D eigenvalue weighted by Crippen LogP contribution is -2.34. The molecule has 0 aliphatic carbocycles. The highest BCUT2D eigenvalue weighted by molar-refractivity contribution is 5.95. The van der Waals surface area contributed by atoms with Crippen LogP contribution in [0.25, 0.3) is 0 Å². The normalized spacial score (nSPS) is 10.6. The lowest BCUT2D eigenvalue weighted by Gasteiger charge is -2.23. The van der Waals surface area contributed by atoms with E-state index >= 15 is 0 Å². The minimum absolute atomic E-state index is 0.0841. The summed E-state index contributed by atoms with van der Waals surface area (Å²) in [5.74, 6) is 1.33. The number of anilines is 1. The van der Waals surface area contributed by atoms with Crippen molar-refractivity contribution < 1.29 is 4.79 Å². The molecule has 0 saturated heterocycles. The van der Waals surface area contributed by atoms with Gasteiger partial charge < -0.3 is 10.2 Å². The number of amides is 1. The molecule has 1 heterocycles.